The number of oxime groups is 1. The molecule has 0 aromatic carbocycles. The molecular weight excluding hydrogens is 262 g/mol. The van der Waals surface area contributed by atoms with Crippen molar-refractivity contribution in [2.45, 2.75) is 39.5 Å². The Balaban J connectivity index is 5.24. The average Bonchev–Trinajstić information content (AvgIpc) is 2.42. The summed E-state index contributed by atoms with van der Waals surface area (Å²) < 4.78 is 0. The SMILES string of the molecule is CCCC(CCC)(C(=O)N(C)CCSC)C(N)=NO. The third-order valence-electron chi connectivity index (χ3n) is 3.34. The monoisotopic (exact) mass is 289 g/mol. The summed E-state index contributed by atoms with van der Waals surface area (Å²) in [6.07, 6.45) is 4.86. The lowest BCUT2D eigenvalue weighted by molar-refractivity contribution is -0.137. The largest absolute Gasteiger partial charge is 0.409 e. The lowest BCUT2D eigenvalue weighted by atomic mass is 9.76. The molecule has 0 unspecified atom stereocenters. The Hall–Kier alpha value is -0.910. The molecule has 0 bridgehead atoms. The third kappa shape index (κ3) is 4.60. The van der Waals surface area contributed by atoms with E-state index in [-0.39, 0.29) is 11.7 Å². The molecule has 0 rings (SSSR count). The maximum atomic E-state index is 12.7. The van der Waals surface area contributed by atoms with Crippen molar-refractivity contribution in [1.82, 2.24) is 4.90 Å². The molecule has 0 saturated carbocycles. The van der Waals surface area contributed by atoms with Crippen LogP contribution in [0.1, 0.15) is 39.5 Å². The minimum atomic E-state index is -0.856. The minimum Gasteiger partial charge on any atom is -0.409 e. The van der Waals surface area contributed by atoms with Crippen molar-refractivity contribution >= 4 is 23.5 Å². The highest BCUT2D eigenvalue weighted by molar-refractivity contribution is 7.98. The summed E-state index contributed by atoms with van der Waals surface area (Å²) in [7, 11) is 1.78. The molecule has 5 nitrogen and oxygen atoms in total. The zero-order chi connectivity index (χ0) is 14.9. The van der Waals surface area contributed by atoms with Crippen LogP contribution in [0.2, 0.25) is 0 Å². The molecule has 0 fully saturated rings. The first-order valence-corrected chi connectivity index (χ1v) is 8.12. The van der Waals surface area contributed by atoms with Gasteiger partial charge in [0.2, 0.25) is 5.91 Å². The quantitative estimate of drug-likeness (QED) is 0.295. The van der Waals surface area contributed by atoms with E-state index in [2.05, 4.69) is 5.16 Å². The van der Waals surface area contributed by atoms with Gasteiger partial charge in [0.1, 0.15) is 5.41 Å². The molecular formula is C13H27N3O2S. The van der Waals surface area contributed by atoms with Crippen molar-refractivity contribution in [2.24, 2.45) is 16.3 Å². The molecule has 0 aromatic rings. The van der Waals surface area contributed by atoms with Crippen LogP contribution in [0, 0.1) is 5.41 Å². The Morgan fingerprint density at radius 2 is 1.89 bits per heavy atom. The third-order valence-corrected chi connectivity index (χ3v) is 3.93. The molecule has 0 spiro atoms. The van der Waals surface area contributed by atoms with Gasteiger partial charge < -0.3 is 15.8 Å². The van der Waals surface area contributed by atoms with Crippen LogP contribution in [0.3, 0.4) is 0 Å². The second kappa shape index (κ2) is 9.07. The maximum Gasteiger partial charge on any atom is 0.236 e. The number of carbonyl (C=O) groups is 1. The fourth-order valence-corrected chi connectivity index (χ4v) is 2.81. The van der Waals surface area contributed by atoms with Crippen molar-refractivity contribution in [2.75, 3.05) is 25.6 Å². The summed E-state index contributed by atoms with van der Waals surface area (Å²) in [5.74, 6) is 0.880. The lowest BCUT2D eigenvalue weighted by Gasteiger charge is -2.34. The maximum absolute atomic E-state index is 12.7. The number of hydrogen-bond donors (Lipinski definition) is 2. The molecule has 0 aromatic heterocycles. The highest BCUT2D eigenvalue weighted by Gasteiger charge is 2.43. The van der Waals surface area contributed by atoms with Crippen LogP contribution in [0.4, 0.5) is 0 Å². The predicted octanol–water partition coefficient (Wildman–Crippen LogP) is 2.14. The van der Waals surface area contributed by atoms with E-state index >= 15 is 0 Å². The van der Waals surface area contributed by atoms with Gasteiger partial charge in [-0.3, -0.25) is 4.79 Å². The Labute approximate surface area is 120 Å². The first kappa shape index (κ1) is 18.1. The van der Waals surface area contributed by atoms with Crippen LogP contribution in [-0.4, -0.2) is 47.5 Å². The molecule has 0 heterocycles. The van der Waals surface area contributed by atoms with E-state index < -0.39 is 5.41 Å². The predicted molar refractivity (Wildman–Crippen MR) is 81.7 cm³/mol. The Kier molecular flexibility index (Phi) is 8.63. The number of hydrogen-bond acceptors (Lipinski definition) is 4. The van der Waals surface area contributed by atoms with E-state index in [1.54, 1.807) is 23.7 Å². The molecule has 1 amide bonds. The van der Waals surface area contributed by atoms with Crippen LogP contribution >= 0.6 is 11.8 Å². The zero-order valence-electron chi connectivity index (χ0n) is 12.5. The fourth-order valence-electron chi connectivity index (χ4n) is 2.35. The van der Waals surface area contributed by atoms with Gasteiger partial charge in [0.25, 0.3) is 0 Å². The van der Waals surface area contributed by atoms with Gasteiger partial charge in [0.15, 0.2) is 5.84 Å². The number of amides is 1. The summed E-state index contributed by atoms with van der Waals surface area (Å²) in [6.45, 7) is 4.68. The van der Waals surface area contributed by atoms with Gasteiger partial charge in [-0.15, -0.1) is 0 Å². The highest BCUT2D eigenvalue weighted by Crippen LogP contribution is 2.32. The zero-order valence-corrected chi connectivity index (χ0v) is 13.3. The molecule has 6 heteroatoms. The summed E-state index contributed by atoms with van der Waals surface area (Å²) >= 11 is 1.69. The second-order valence-corrected chi connectivity index (χ2v) is 5.77. The standard InChI is InChI=1S/C13H27N3O2S/c1-5-7-13(8-6-2,11(14)15-18)12(17)16(3)9-10-19-4/h18H,5-10H2,1-4H3,(H2,14,15). The number of carbonyl (C=O) groups excluding carboxylic acids is 1. The van der Waals surface area contributed by atoms with Gasteiger partial charge >= 0.3 is 0 Å². The number of amidine groups is 1. The Bertz CT molecular complexity index is 302. The minimum absolute atomic E-state index is 0.0391. The van der Waals surface area contributed by atoms with E-state index in [1.807, 2.05) is 20.1 Å². The normalized spacial score (nSPS) is 12.5. The topological polar surface area (TPSA) is 78.9 Å². The van der Waals surface area contributed by atoms with Crippen LogP contribution in [0.15, 0.2) is 5.16 Å². The van der Waals surface area contributed by atoms with Gasteiger partial charge in [-0.1, -0.05) is 31.8 Å². The smallest absolute Gasteiger partial charge is 0.236 e. The van der Waals surface area contributed by atoms with Crippen LogP contribution in [0.25, 0.3) is 0 Å². The van der Waals surface area contributed by atoms with Crippen molar-refractivity contribution in [3.05, 3.63) is 0 Å². The molecule has 112 valence electrons. The van der Waals surface area contributed by atoms with Crippen LogP contribution in [-0.2, 0) is 4.79 Å². The summed E-state index contributed by atoms with van der Waals surface area (Å²) in [4.78, 5) is 14.4. The van der Waals surface area contributed by atoms with E-state index in [0.717, 1.165) is 18.6 Å². The molecule has 3 N–H and O–H groups in total. The van der Waals surface area contributed by atoms with Gasteiger partial charge in [-0.05, 0) is 19.1 Å². The van der Waals surface area contributed by atoms with Gasteiger partial charge in [0, 0.05) is 19.3 Å². The van der Waals surface area contributed by atoms with Crippen molar-refractivity contribution in [3.8, 4) is 0 Å². The van der Waals surface area contributed by atoms with Gasteiger partial charge in [0.05, 0.1) is 0 Å². The van der Waals surface area contributed by atoms with Crippen LogP contribution < -0.4 is 5.73 Å². The van der Waals surface area contributed by atoms with Crippen molar-refractivity contribution in [1.29, 1.82) is 0 Å². The molecule has 0 radical (unpaired) electrons. The van der Waals surface area contributed by atoms with Gasteiger partial charge in [-0.2, -0.15) is 11.8 Å². The van der Waals surface area contributed by atoms with E-state index in [1.165, 1.54) is 0 Å². The highest BCUT2D eigenvalue weighted by atomic mass is 32.2. The summed E-state index contributed by atoms with van der Waals surface area (Å²) in [5, 5.41) is 12.1. The molecule has 0 aliphatic rings. The number of nitrogens with two attached hydrogens (primary N) is 1. The van der Waals surface area contributed by atoms with Crippen LogP contribution in [0.5, 0.6) is 0 Å². The Morgan fingerprint density at radius 3 is 2.26 bits per heavy atom. The number of rotatable bonds is 9. The molecule has 0 aliphatic carbocycles. The Morgan fingerprint density at radius 1 is 1.37 bits per heavy atom. The van der Waals surface area contributed by atoms with Crippen molar-refractivity contribution < 1.29 is 10.0 Å². The number of nitrogens with zero attached hydrogens (tertiary/aromatic N) is 2. The van der Waals surface area contributed by atoms with E-state index in [9.17, 15) is 4.79 Å². The van der Waals surface area contributed by atoms with E-state index in [4.69, 9.17) is 10.9 Å². The van der Waals surface area contributed by atoms with Gasteiger partial charge in [-0.25, -0.2) is 0 Å². The van der Waals surface area contributed by atoms with Crippen molar-refractivity contribution in [3.63, 3.8) is 0 Å². The molecule has 0 aliphatic heterocycles. The lowest BCUT2D eigenvalue weighted by Crippen LogP contribution is -2.50. The fraction of sp³-hybridized carbons (Fsp3) is 0.846. The average molecular weight is 289 g/mol. The molecule has 19 heavy (non-hydrogen) atoms. The molecule has 0 atom stereocenters. The summed E-state index contributed by atoms with van der Waals surface area (Å²) in [6, 6.07) is 0. The second-order valence-electron chi connectivity index (χ2n) is 4.79. The first-order valence-electron chi connectivity index (χ1n) is 6.72. The molecule has 0 saturated heterocycles. The first-order chi connectivity index (χ1) is 8.99. The summed E-state index contributed by atoms with van der Waals surface area (Å²) in [5.41, 5.74) is 4.98. The van der Waals surface area contributed by atoms with E-state index in [0.29, 0.717) is 19.4 Å². The number of thioether (sulfide) groups is 1.